The third kappa shape index (κ3) is 8.94. The van der Waals surface area contributed by atoms with Crippen LogP contribution in [0.25, 0.3) is 0 Å². The van der Waals surface area contributed by atoms with Gasteiger partial charge in [0, 0.05) is 12.1 Å². The summed E-state index contributed by atoms with van der Waals surface area (Å²) in [7, 11) is 0. The van der Waals surface area contributed by atoms with E-state index in [1.807, 2.05) is 0 Å². The minimum atomic E-state index is -4.39. The number of carbonyl (C=O) groups excluding carboxylic acids is 1. The summed E-state index contributed by atoms with van der Waals surface area (Å²) in [6.07, 6.45) is 6.42. The number of alkyl halides is 3. The second kappa shape index (κ2) is 11.1. The van der Waals surface area contributed by atoms with E-state index in [4.69, 9.17) is 0 Å². The molecule has 2 nitrogen and oxygen atoms in total. The molecule has 0 fully saturated rings. The van der Waals surface area contributed by atoms with E-state index in [1.54, 1.807) is 0 Å². The van der Waals surface area contributed by atoms with Crippen LogP contribution < -0.4 is 5.32 Å². The van der Waals surface area contributed by atoms with Gasteiger partial charge >= 0.3 is 6.18 Å². The smallest absolute Gasteiger partial charge is 0.326 e. The molecule has 0 radical (unpaired) electrons. The average Bonchev–Trinajstić information content (AvgIpc) is 2.53. The molecule has 0 aliphatic heterocycles. The Morgan fingerprint density at radius 2 is 1.54 bits per heavy atom. The van der Waals surface area contributed by atoms with E-state index in [9.17, 15) is 18.0 Å². The van der Waals surface area contributed by atoms with Gasteiger partial charge < -0.3 is 5.32 Å². The molecule has 1 amide bonds. The zero-order valence-electron chi connectivity index (χ0n) is 14.4. The maximum Gasteiger partial charge on any atom is 0.416 e. The lowest BCUT2D eigenvalue weighted by molar-refractivity contribution is -0.137. The molecule has 0 aliphatic carbocycles. The van der Waals surface area contributed by atoms with Crippen molar-refractivity contribution < 1.29 is 18.0 Å². The summed E-state index contributed by atoms with van der Waals surface area (Å²) >= 11 is 0. The molecule has 0 saturated heterocycles. The first kappa shape index (κ1) is 20.5. The highest BCUT2D eigenvalue weighted by atomic mass is 19.4. The number of nitrogens with one attached hydrogen (secondary N) is 1. The van der Waals surface area contributed by atoms with Crippen LogP contribution in [0.15, 0.2) is 24.3 Å². The molecule has 0 atom stereocenters. The van der Waals surface area contributed by atoms with Crippen molar-refractivity contribution in [3.05, 3.63) is 29.8 Å². The van der Waals surface area contributed by atoms with Crippen LogP contribution in [0, 0.1) is 0 Å². The Labute approximate surface area is 142 Å². The lowest BCUT2D eigenvalue weighted by Crippen LogP contribution is -2.12. The minimum absolute atomic E-state index is 0.200. The Morgan fingerprint density at radius 3 is 2.12 bits per heavy atom. The van der Waals surface area contributed by atoms with Gasteiger partial charge in [0.1, 0.15) is 0 Å². The van der Waals surface area contributed by atoms with Crippen LogP contribution in [0.3, 0.4) is 0 Å². The summed E-state index contributed by atoms with van der Waals surface area (Å²) < 4.78 is 37.8. The van der Waals surface area contributed by atoms with E-state index in [-0.39, 0.29) is 11.6 Å². The van der Waals surface area contributed by atoms with Gasteiger partial charge in [0.05, 0.1) is 5.56 Å². The first-order valence-electron chi connectivity index (χ1n) is 8.90. The molecule has 1 aromatic rings. The van der Waals surface area contributed by atoms with Gasteiger partial charge in [-0.2, -0.15) is 13.2 Å². The van der Waals surface area contributed by atoms with Crippen molar-refractivity contribution in [1.82, 2.24) is 0 Å². The Balaban J connectivity index is 2.16. The molecule has 0 spiro atoms. The summed E-state index contributed by atoms with van der Waals surface area (Å²) in [6.45, 7) is 2.20. The lowest BCUT2D eigenvalue weighted by atomic mass is 10.1. The van der Waals surface area contributed by atoms with Crippen molar-refractivity contribution in [2.24, 2.45) is 0 Å². The maximum atomic E-state index is 12.6. The predicted octanol–water partition coefficient (Wildman–Crippen LogP) is 6.56. The molecule has 1 rings (SSSR count). The van der Waals surface area contributed by atoms with Crippen LogP contribution in [0.1, 0.15) is 76.7 Å². The number of halogens is 3. The van der Waals surface area contributed by atoms with E-state index < -0.39 is 11.7 Å². The largest absolute Gasteiger partial charge is 0.416 e. The summed E-state index contributed by atoms with van der Waals surface area (Å²) in [5.41, 5.74) is -0.547. The fraction of sp³-hybridized carbons (Fsp3) is 0.632. The van der Waals surface area contributed by atoms with Gasteiger partial charge in [0.15, 0.2) is 0 Å². The van der Waals surface area contributed by atoms with Gasteiger partial charge in [-0.05, 0) is 24.6 Å². The Kier molecular flexibility index (Phi) is 9.50. The number of amides is 1. The van der Waals surface area contributed by atoms with Crippen molar-refractivity contribution >= 4 is 11.6 Å². The average molecular weight is 343 g/mol. The van der Waals surface area contributed by atoms with Crippen LogP contribution in [0.2, 0.25) is 0 Å². The highest BCUT2D eigenvalue weighted by Crippen LogP contribution is 2.30. The van der Waals surface area contributed by atoms with Crippen LogP contribution in [0.4, 0.5) is 18.9 Å². The zero-order valence-corrected chi connectivity index (χ0v) is 14.4. The Hall–Kier alpha value is -1.52. The molecule has 0 heterocycles. The molecular weight excluding hydrogens is 315 g/mol. The quantitative estimate of drug-likeness (QED) is 0.453. The number of hydrogen-bond acceptors (Lipinski definition) is 1. The first-order chi connectivity index (χ1) is 11.4. The SMILES string of the molecule is CCCCCCCCCCCC(=O)Nc1cccc(C(F)(F)F)c1. The van der Waals surface area contributed by atoms with Crippen LogP contribution in [0.5, 0.6) is 0 Å². The van der Waals surface area contributed by atoms with Crippen molar-refractivity contribution in [3.63, 3.8) is 0 Å². The summed E-state index contributed by atoms with van der Waals surface area (Å²) in [5.74, 6) is -0.225. The van der Waals surface area contributed by atoms with Crippen LogP contribution in [-0.4, -0.2) is 5.91 Å². The molecular formula is C19H28F3NO. The zero-order chi connectivity index (χ0) is 17.8. The lowest BCUT2D eigenvalue weighted by Gasteiger charge is -2.10. The molecule has 0 bridgehead atoms. The monoisotopic (exact) mass is 343 g/mol. The molecule has 0 aliphatic rings. The molecule has 0 saturated carbocycles. The second-order valence-electron chi connectivity index (χ2n) is 6.21. The molecule has 0 unspecified atom stereocenters. The summed E-state index contributed by atoms with van der Waals surface area (Å²) in [5, 5.41) is 2.54. The van der Waals surface area contributed by atoms with E-state index in [2.05, 4.69) is 12.2 Å². The molecule has 5 heteroatoms. The Morgan fingerprint density at radius 1 is 0.958 bits per heavy atom. The van der Waals surface area contributed by atoms with Crippen molar-refractivity contribution in [1.29, 1.82) is 0 Å². The number of carbonyl (C=O) groups is 1. The number of rotatable bonds is 11. The van der Waals surface area contributed by atoms with Gasteiger partial charge in [-0.15, -0.1) is 0 Å². The number of hydrogen-bond donors (Lipinski definition) is 1. The summed E-state index contributed by atoms with van der Waals surface area (Å²) in [6, 6.07) is 4.74. The normalized spacial score (nSPS) is 11.5. The van der Waals surface area contributed by atoms with Gasteiger partial charge in [-0.25, -0.2) is 0 Å². The molecule has 0 aromatic heterocycles. The fourth-order valence-corrected chi connectivity index (χ4v) is 2.59. The minimum Gasteiger partial charge on any atom is -0.326 e. The number of anilines is 1. The third-order valence-electron chi connectivity index (χ3n) is 3.98. The topological polar surface area (TPSA) is 29.1 Å². The van der Waals surface area contributed by atoms with E-state index >= 15 is 0 Å². The van der Waals surface area contributed by atoms with Gasteiger partial charge in [0.2, 0.25) is 5.91 Å². The van der Waals surface area contributed by atoms with Gasteiger partial charge in [-0.1, -0.05) is 64.4 Å². The second-order valence-corrected chi connectivity index (χ2v) is 6.21. The first-order valence-corrected chi connectivity index (χ1v) is 8.90. The van der Waals surface area contributed by atoms with Crippen molar-refractivity contribution in [2.75, 3.05) is 5.32 Å². The van der Waals surface area contributed by atoms with Gasteiger partial charge in [-0.3, -0.25) is 4.79 Å². The van der Waals surface area contributed by atoms with Crippen LogP contribution >= 0.6 is 0 Å². The summed E-state index contributed by atoms with van der Waals surface area (Å²) in [4.78, 5) is 11.8. The highest BCUT2D eigenvalue weighted by Gasteiger charge is 2.30. The number of unbranched alkanes of at least 4 members (excludes halogenated alkanes) is 8. The fourth-order valence-electron chi connectivity index (χ4n) is 2.59. The third-order valence-corrected chi connectivity index (χ3v) is 3.98. The van der Waals surface area contributed by atoms with Crippen molar-refractivity contribution in [3.8, 4) is 0 Å². The number of benzene rings is 1. The standard InChI is InChI=1S/C19H28F3NO/c1-2-3-4-5-6-7-8-9-10-14-18(24)23-17-13-11-12-16(15-17)19(20,21)22/h11-13,15H,2-10,14H2,1H3,(H,23,24). The molecule has 24 heavy (non-hydrogen) atoms. The Bertz CT molecular complexity index is 486. The molecule has 1 aromatic carbocycles. The van der Waals surface area contributed by atoms with E-state index in [0.29, 0.717) is 6.42 Å². The van der Waals surface area contributed by atoms with Crippen molar-refractivity contribution in [2.45, 2.75) is 77.3 Å². The highest BCUT2D eigenvalue weighted by molar-refractivity contribution is 5.90. The van der Waals surface area contributed by atoms with Crippen LogP contribution in [-0.2, 0) is 11.0 Å². The van der Waals surface area contributed by atoms with Gasteiger partial charge in [0.25, 0.3) is 0 Å². The molecule has 136 valence electrons. The molecule has 1 N–H and O–H groups in total. The predicted molar refractivity (Wildman–Crippen MR) is 91.9 cm³/mol. The maximum absolute atomic E-state index is 12.6. The van der Waals surface area contributed by atoms with E-state index in [0.717, 1.165) is 31.4 Å². The van der Waals surface area contributed by atoms with E-state index in [1.165, 1.54) is 50.7 Å².